The average molecular weight is 211 g/mol. The molecule has 0 saturated carbocycles. The Morgan fingerprint density at radius 2 is 2.07 bits per heavy atom. The highest BCUT2D eigenvalue weighted by Gasteiger charge is 2.09. The molecule has 0 aromatic heterocycles. The molecule has 3 heteroatoms. The SMILES string of the molecule is COc1ccc(F)c(CCCCN)c1C. The van der Waals surface area contributed by atoms with Crippen LogP contribution in [0, 0.1) is 12.7 Å². The summed E-state index contributed by atoms with van der Waals surface area (Å²) in [6, 6.07) is 3.13. The highest BCUT2D eigenvalue weighted by atomic mass is 19.1. The van der Waals surface area contributed by atoms with Gasteiger partial charge in [-0.2, -0.15) is 0 Å². The van der Waals surface area contributed by atoms with Gasteiger partial charge in [0.05, 0.1) is 7.11 Å². The van der Waals surface area contributed by atoms with Crippen LogP contribution in [-0.2, 0) is 6.42 Å². The fourth-order valence-corrected chi connectivity index (χ4v) is 1.68. The Balaban J connectivity index is 2.84. The Morgan fingerprint density at radius 1 is 1.33 bits per heavy atom. The minimum atomic E-state index is -0.148. The van der Waals surface area contributed by atoms with Crippen molar-refractivity contribution >= 4 is 0 Å². The summed E-state index contributed by atoms with van der Waals surface area (Å²) < 4.78 is 18.7. The largest absolute Gasteiger partial charge is 0.496 e. The third-order valence-corrected chi connectivity index (χ3v) is 2.59. The Morgan fingerprint density at radius 3 is 2.67 bits per heavy atom. The molecule has 2 N–H and O–H groups in total. The second-order valence-corrected chi connectivity index (χ2v) is 3.60. The van der Waals surface area contributed by atoms with Crippen molar-refractivity contribution in [3.05, 3.63) is 29.1 Å². The minimum absolute atomic E-state index is 0.148. The summed E-state index contributed by atoms with van der Waals surface area (Å²) in [4.78, 5) is 0. The van der Waals surface area contributed by atoms with Gasteiger partial charge in [-0.15, -0.1) is 0 Å². The van der Waals surface area contributed by atoms with Crippen molar-refractivity contribution in [3.63, 3.8) is 0 Å². The van der Waals surface area contributed by atoms with Gasteiger partial charge in [0.25, 0.3) is 0 Å². The summed E-state index contributed by atoms with van der Waals surface area (Å²) in [6.07, 6.45) is 2.57. The van der Waals surface area contributed by atoms with Crippen molar-refractivity contribution in [2.75, 3.05) is 13.7 Å². The van der Waals surface area contributed by atoms with Crippen molar-refractivity contribution in [2.45, 2.75) is 26.2 Å². The highest BCUT2D eigenvalue weighted by Crippen LogP contribution is 2.24. The van der Waals surface area contributed by atoms with Gasteiger partial charge in [0, 0.05) is 0 Å². The van der Waals surface area contributed by atoms with Gasteiger partial charge in [-0.1, -0.05) is 0 Å². The van der Waals surface area contributed by atoms with Crippen LogP contribution in [0.25, 0.3) is 0 Å². The standard InChI is InChI=1S/C12H18FNO/c1-9-10(5-3-4-8-14)11(13)6-7-12(9)15-2/h6-7H,3-5,8,14H2,1-2H3. The Kier molecular flexibility index (Phi) is 4.56. The molecule has 0 aliphatic rings. The van der Waals surface area contributed by atoms with Gasteiger partial charge >= 0.3 is 0 Å². The van der Waals surface area contributed by atoms with E-state index in [1.807, 2.05) is 6.92 Å². The monoisotopic (exact) mass is 211 g/mol. The van der Waals surface area contributed by atoms with Crippen LogP contribution in [0.2, 0.25) is 0 Å². The van der Waals surface area contributed by atoms with Gasteiger partial charge in [0.1, 0.15) is 11.6 Å². The molecular formula is C12H18FNO. The second kappa shape index (κ2) is 5.71. The Bertz CT molecular complexity index is 326. The van der Waals surface area contributed by atoms with Crippen molar-refractivity contribution < 1.29 is 9.13 Å². The van der Waals surface area contributed by atoms with Crippen molar-refractivity contribution in [1.82, 2.24) is 0 Å². The lowest BCUT2D eigenvalue weighted by Gasteiger charge is -2.11. The van der Waals surface area contributed by atoms with E-state index in [9.17, 15) is 4.39 Å². The maximum Gasteiger partial charge on any atom is 0.126 e. The number of hydrogen-bond acceptors (Lipinski definition) is 2. The number of hydrogen-bond donors (Lipinski definition) is 1. The molecule has 1 aromatic rings. The zero-order chi connectivity index (χ0) is 11.3. The van der Waals surface area contributed by atoms with Crippen LogP contribution in [0.4, 0.5) is 4.39 Å². The van der Waals surface area contributed by atoms with Crippen LogP contribution in [-0.4, -0.2) is 13.7 Å². The van der Waals surface area contributed by atoms with Crippen LogP contribution < -0.4 is 10.5 Å². The molecule has 0 atom stereocenters. The molecule has 0 bridgehead atoms. The van der Waals surface area contributed by atoms with Gasteiger partial charge in [-0.05, 0) is 56.0 Å². The normalized spacial score (nSPS) is 10.4. The number of rotatable bonds is 5. The van der Waals surface area contributed by atoms with Crippen LogP contribution >= 0.6 is 0 Å². The van der Waals surface area contributed by atoms with Crippen LogP contribution in [0.15, 0.2) is 12.1 Å². The molecule has 0 saturated heterocycles. The summed E-state index contributed by atoms with van der Waals surface area (Å²) in [6.45, 7) is 2.55. The third kappa shape index (κ3) is 2.93. The van der Waals surface area contributed by atoms with Gasteiger partial charge in [0.2, 0.25) is 0 Å². The van der Waals surface area contributed by atoms with E-state index in [-0.39, 0.29) is 5.82 Å². The molecule has 0 heterocycles. The maximum atomic E-state index is 13.5. The summed E-state index contributed by atoms with van der Waals surface area (Å²) >= 11 is 0. The van der Waals surface area contributed by atoms with E-state index in [2.05, 4.69) is 0 Å². The molecule has 2 nitrogen and oxygen atoms in total. The summed E-state index contributed by atoms with van der Waals surface area (Å²) in [5, 5.41) is 0. The van der Waals surface area contributed by atoms with Crippen molar-refractivity contribution in [2.24, 2.45) is 5.73 Å². The van der Waals surface area contributed by atoms with Gasteiger partial charge < -0.3 is 10.5 Å². The van der Waals surface area contributed by atoms with E-state index in [4.69, 9.17) is 10.5 Å². The van der Waals surface area contributed by atoms with Crippen molar-refractivity contribution in [1.29, 1.82) is 0 Å². The number of benzene rings is 1. The van der Waals surface area contributed by atoms with Crippen LogP contribution in [0.1, 0.15) is 24.0 Å². The van der Waals surface area contributed by atoms with E-state index in [1.54, 1.807) is 13.2 Å². The molecule has 0 spiro atoms. The number of unbranched alkanes of at least 4 members (excludes halogenated alkanes) is 1. The van der Waals surface area contributed by atoms with Gasteiger partial charge in [-0.3, -0.25) is 0 Å². The number of methoxy groups -OCH3 is 1. The average Bonchev–Trinajstić information content (AvgIpc) is 2.23. The third-order valence-electron chi connectivity index (χ3n) is 2.59. The zero-order valence-corrected chi connectivity index (χ0v) is 9.35. The van der Waals surface area contributed by atoms with Gasteiger partial charge in [0.15, 0.2) is 0 Å². The number of halogens is 1. The lowest BCUT2D eigenvalue weighted by molar-refractivity contribution is 0.409. The fourth-order valence-electron chi connectivity index (χ4n) is 1.68. The first-order valence-corrected chi connectivity index (χ1v) is 5.22. The highest BCUT2D eigenvalue weighted by molar-refractivity contribution is 5.40. The smallest absolute Gasteiger partial charge is 0.126 e. The predicted molar refractivity (Wildman–Crippen MR) is 59.7 cm³/mol. The number of ether oxygens (including phenoxy) is 1. The number of nitrogens with two attached hydrogens (primary N) is 1. The first-order valence-electron chi connectivity index (χ1n) is 5.22. The quantitative estimate of drug-likeness (QED) is 0.759. The molecule has 0 unspecified atom stereocenters. The molecular weight excluding hydrogens is 193 g/mol. The van der Waals surface area contributed by atoms with E-state index >= 15 is 0 Å². The van der Waals surface area contributed by atoms with E-state index in [0.717, 1.165) is 36.1 Å². The van der Waals surface area contributed by atoms with E-state index in [1.165, 1.54) is 6.07 Å². The molecule has 1 aromatic carbocycles. The molecule has 0 fully saturated rings. The topological polar surface area (TPSA) is 35.2 Å². The predicted octanol–water partition coefficient (Wildman–Crippen LogP) is 2.42. The van der Waals surface area contributed by atoms with Crippen molar-refractivity contribution in [3.8, 4) is 5.75 Å². The van der Waals surface area contributed by atoms with Crippen LogP contribution in [0.5, 0.6) is 5.75 Å². The molecule has 0 radical (unpaired) electrons. The second-order valence-electron chi connectivity index (χ2n) is 3.60. The Hall–Kier alpha value is -1.09. The maximum absolute atomic E-state index is 13.5. The molecule has 0 aliphatic carbocycles. The van der Waals surface area contributed by atoms with E-state index < -0.39 is 0 Å². The first kappa shape index (κ1) is 12.0. The lowest BCUT2D eigenvalue weighted by Crippen LogP contribution is -2.02. The lowest BCUT2D eigenvalue weighted by atomic mass is 10.0. The summed E-state index contributed by atoms with van der Waals surface area (Å²) in [5.74, 6) is 0.601. The van der Waals surface area contributed by atoms with Gasteiger partial charge in [-0.25, -0.2) is 4.39 Å². The first-order chi connectivity index (χ1) is 7.20. The molecule has 15 heavy (non-hydrogen) atoms. The zero-order valence-electron chi connectivity index (χ0n) is 9.35. The minimum Gasteiger partial charge on any atom is -0.496 e. The summed E-state index contributed by atoms with van der Waals surface area (Å²) in [5.41, 5.74) is 7.06. The fraction of sp³-hybridized carbons (Fsp3) is 0.500. The van der Waals surface area contributed by atoms with Crippen LogP contribution in [0.3, 0.4) is 0 Å². The Labute approximate surface area is 90.2 Å². The van der Waals surface area contributed by atoms with E-state index in [0.29, 0.717) is 6.54 Å². The summed E-state index contributed by atoms with van der Waals surface area (Å²) in [7, 11) is 1.60. The molecule has 0 aliphatic heterocycles. The molecule has 0 amide bonds. The molecule has 1 rings (SSSR count). The molecule has 84 valence electrons.